The van der Waals surface area contributed by atoms with Crippen LogP contribution in [-0.2, 0) is 26.2 Å². The van der Waals surface area contributed by atoms with E-state index in [0.717, 1.165) is 17.1 Å². The summed E-state index contributed by atoms with van der Waals surface area (Å²) in [5.74, 6) is -0.833. The molecule has 7 nitrogen and oxygen atoms in total. The number of sulfonamides is 1. The third-order valence-corrected chi connectivity index (χ3v) is 7.61. The Bertz CT molecular complexity index is 1060. The van der Waals surface area contributed by atoms with Gasteiger partial charge in [0.05, 0.1) is 11.4 Å². The number of carbonyl (C=O) groups excluding carboxylic acids is 2. The molecule has 2 aromatic carbocycles. The van der Waals surface area contributed by atoms with Crippen molar-refractivity contribution in [1.82, 2.24) is 14.5 Å². The van der Waals surface area contributed by atoms with Crippen LogP contribution in [0.15, 0.2) is 53.4 Å². The maximum absolute atomic E-state index is 13.3. The standard InChI is InChI=1S/C23H29Cl2N3O4S/c1-4-5-14-26-23(30)17(2)28(15-18-8-6-7-9-21(18)25)22(29)16-27(3)33(31,32)20-12-10-19(24)11-13-20/h6-13,17H,4-5,14-16H2,1-3H3,(H,26,30)/t17-/m0/s1. The van der Waals surface area contributed by atoms with Crippen LogP contribution in [0.2, 0.25) is 10.0 Å². The van der Waals surface area contributed by atoms with Crippen molar-refractivity contribution in [3.63, 3.8) is 0 Å². The highest BCUT2D eigenvalue weighted by Crippen LogP contribution is 2.21. The van der Waals surface area contributed by atoms with Crippen LogP contribution in [0.5, 0.6) is 0 Å². The number of hydrogen-bond acceptors (Lipinski definition) is 4. The van der Waals surface area contributed by atoms with Gasteiger partial charge in [-0.05, 0) is 49.2 Å². The average molecular weight is 514 g/mol. The van der Waals surface area contributed by atoms with E-state index in [0.29, 0.717) is 22.2 Å². The smallest absolute Gasteiger partial charge is 0.243 e. The van der Waals surface area contributed by atoms with Gasteiger partial charge in [-0.15, -0.1) is 0 Å². The van der Waals surface area contributed by atoms with Gasteiger partial charge in [-0.2, -0.15) is 4.31 Å². The van der Waals surface area contributed by atoms with Crippen LogP contribution in [0.4, 0.5) is 0 Å². The molecule has 0 saturated carbocycles. The molecule has 0 heterocycles. The molecule has 0 spiro atoms. The van der Waals surface area contributed by atoms with Crippen molar-refractivity contribution >= 4 is 45.0 Å². The van der Waals surface area contributed by atoms with E-state index >= 15 is 0 Å². The third-order valence-electron chi connectivity index (χ3n) is 5.18. The third kappa shape index (κ3) is 7.43. The molecule has 2 aromatic rings. The van der Waals surface area contributed by atoms with Crippen LogP contribution >= 0.6 is 23.2 Å². The molecule has 0 radical (unpaired) electrons. The Morgan fingerprint density at radius 1 is 1.06 bits per heavy atom. The zero-order chi connectivity index (χ0) is 24.6. The summed E-state index contributed by atoms with van der Waals surface area (Å²) in [6, 6.07) is 11.9. The average Bonchev–Trinajstić information content (AvgIpc) is 2.78. The summed E-state index contributed by atoms with van der Waals surface area (Å²) in [6.45, 7) is 3.75. The first-order chi connectivity index (χ1) is 15.6. The molecular formula is C23H29Cl2N3O4S. The molecule has 10 heteroatoms. The molecule has 0 aromatic heterocycles. The summed E-state index contributed by atoms with van der Waals surface area (Å²) in [5.41, 5.74) is 0.656. The lowest BCUT2D eigenvalue weighted by Gasteiger charge is -2.30. The summed E-state index contributed by atoms with van der Waals surface area (Å²) in [6.07, 6.45) is 1.74. The number of nitrogens with one attached hydrogen (secondary N) is 1. The van der Waals surface area contributed by atoms with Crippen molar-refractivity contribution in [1.29, 1.82) is 0 Å². The minimum absolute atomic E-state index is 0.0187. The highest BCUT2D eigenvalue weighted by Gasteiger charge is 2.30. The molecule has 1 N–H and O–H groups in total. The minimum Gasteiger partial charge on any atom is -0.354 e. The molecule has 0 aliphatic carbocycles. The number of benzene rings is 2. The monoisotopic (exact) mass is 513 g/mol. The van der Waals surface area contributed by atoms with Gasteiger partial charge < -0.3 is 10.2 Å². The number of unbranched alkanes of at least 4 members (excludes halogenated alkanes) is 1. The van der Waals surface area contributed by atoms with Gasteiger partial charge in [0, 0.05) is 30.2 Å². The number of nitrogens with zero attached hydrogens (tertiary/aromatic N) is 2. The van der Waals surface area contributed by atoms with Crippen molar-refractivity contribution < 1.29 is 18.0 Å². The molecule has 2 amide bonds. The molecule has 0 fully saturated rings. The fourth-order valence-electron chi connectivity index (χ4n) is 3.08. The predicted octanol–water partition coefficient (Wildman–Crippen LogP) is 3.95. The topological polar surface area (TPSA) is 86.8 Å². The fraction of sp³-hybridized carbons (Fsp3) is 0.391. The molecular weight excluding hydrogens is 485 g/mol. The van der Waals surface area contributed by atoms with E-state index in [1.54, 1.807) is 31.2 Å². The molecule has 1 atom stereocenters. The quantitative estimate of drug-likeness (QED) is 0.460. The van der Waals surface area contributed by atoms with Gasteiger partial charge in [0.2, 0.25) is 21.8 Å². The van der Waals surface area contributed by atoms with E-state index in [1.165, 1.54) is 36.2 Å². The first kappa shape index (κ1) is 27.1. The number of amides is 2. The molecule has 0 unspecified atom stereocenters. The Balaban J connectivity index is 2.25. The first-order valence-electron chi connectivity index (χ1n) is 10.6. The number of halogens is 2. The first-order valence-corrected chi connectivity index (χ1v) is 12.8. The van der Waals surface area contributed by atoms with Gasteiger partial charge in [-0.25, -0.2) is 8.42 Å². The van der Waals surface area contributed by atoms with E-state index in [-0.39, 0.29) is 17.3 Å². The zero-order valence-corrected chi connectivity index (χ0v) is 21.3. The second-order valence-electron chi connectivity index (χ2n) is 7.65. The van der Waals surface area contributed by atoms with Gasteiger partial charge in [-0.3, -0.25) is 9.59 Å². The summed E-state index contributed by atoms with van der Waals surface area (Å²) in [5, 5.41) is 3.68. The summed E-state index contributed by atoms with van der Waals surface area (Å²) in [4.78, 5) is 27.3. The molecule has 0 aliphatic rings. The maximum atomic E-state index is 13.3. The van der Waals surface area contributed by atoms with Gasteiger partial charge in [0.15, 0.2) is 0 Å². The molecule has 0 aliphatic heterocycles. The molecule has 2 rings (SSSR count). The Kier molecular flexibility index (Phi) is 10.2. The summed E-state index contributed by atoms with van der Waals surface area (Å²) < 4.78 is 26.8. The highest BCUT2D eigenvalue weighted by molar-refractivity contribution is 7.89. The van der Waals surface area contributed by atoms with Crippen molar-refractivity contribution in [3.8, 4) is 0 Å². The van der Waals surface area contributed by atoms with E-state index in [4.69, 9.17) is 23.2 Å². The Morgan fingerprint density at radius 2 is 1.70 bits per heavy atom. The van der Waals surface area contributed by atoms with Crippen molar-refractivity contribution in [2.24, 2.45) is 0 Å². The molecule has 180 valence electrons. The normalized spacial score (nSPS) is 12.4. The number of hydrogen-bond donors (Lipinski definition) is 1. The number of carbonyl (C=O) groups is 2. The fourth-order valence-corrected chi connectivity index (χ4v) is 4.52. The van der Waals surface area contributed by atoms with Crippen LogP contribution < -0.4 is 5.32 Å². The number of likely N-dealkylation sites (N-methyl/N-ethyl adjacent to an activating group) is 1. The van der Waals surface area contributed by atoms with Gasteiger partial charge >= 0.3 is 0 Å². The molecule has 33 heavy (non-hydrogen) atoms. The second-order valence-corrected chi connectivity index (χ2v) is 10.5. The van der Waals surface area contributed by atoms with Crippen molar-refractivity contribution in [2.45, 2.75) is 44.2 Å². The van der Waals surface area contributed by atoms with Gasteiger partial charge in [-0.1, -0.05) is 54.7 Å². The maximum Gasteiger partial charge on any atom is 0.243 e. The molecule has 0 saturated heterocycles. The van der Waals surface area contributed by atoms with Crippen LogP contribution in [0.3, 0.4) is 0 Å². The van der Waals surface area contributed by atoms with Gasteiger partial charge in [0.1, 0.15) is 6.04 Å². The van der Waals surface area contributed by atoms with E-state index < -0.39 is 28.5 Å². The van der Waals surface area contributed by atoms with E-state index in [1.807, 2.05) is 6.92 Å². The summed E-state index contributed by atoms with van der Waals surface area (Å²) >= 11 is 12.1. The number of rotatable bonds is 11. The van der Waals surface area contributed by atoms with Crippen LogP contribution in [0.1, 0.15) is 32.3 Å². The van der Waals surface area contributed by atoms with Crippen LogP contribution in [-0.4, -0.2) is 55.6 Å². The van der Waals surface area contributed by atoms with E-state index in [2.05, 4.69) is 5.32 Å². The predicted molar refractivity (Wildman–Crippen MR) is 131 cm³/mol. The summed E-state index contributed by atoms with van der Waals surface area (Å²) in [7, 11) is -2.61. The Hall–Kier alpha value is -2.13. The highest BCUT2D eigenvalue weighted by atomic mass is 35.5. The van der Waals surface area contributed by atoms with Crippen molar-refractivity contribution in [3.05, 3.63) is 64.1 Å². The molecule has 0 bridgehead atoms. The SMILES string of the molecule is CCCCNC(=O)[C@H](C)N(Cc1ccccc1Cl)C(=O)CN(C)S(=O)(=O)c1ccc(Cl)cc1. The largest absolute Gasteiger partial charge is 0.354 e. The Labute approximate surface area is 205 Å². The lowest BCUT2D eigenvalue weighted by Crippen LogP contribution is -2.50. The minimum atomic E-state index is -3.93. The lowest BCUT2D eigenvalue weighted by atomic mass is 10.1. The Morgan fingerprint density at radius 3 is 2.30 bits per heavy atom. The van der Waals surface area contributed by atoms with Gasteiger partial charge in [0.25, 0.3) is 0 Å². The van der Waals surface area contributed by atoms with E-state index in [9.17, 15) is 18.0 Å². The van der Waals surface area contributed by atoms with Crippen LogP contribution in [0, 0.1) is 0 Å². The van der Waals surface area contributed by atoms with Crippen molar-refractivity contribution in [2.75, 3.05) is 20.1 Å². The lowest BCUT2D eigenvalue weighted by molar-refractivity contribution is -0.140. The second kappa shape index (κ2) is 12.4. The van der Waals surface area contributed by atoms with Crippen LogP contribution in [0.25, 0.3) is 0 Å². The zero-order valence-electron chi connectivity index (χ0n) is 18.9.